The van der Waals surface area contributed by atoms with Gasteiger partial charge in [0, 0.05) is 30.1 Å². The summed E-state index contributed by atoms with van der Waals surface area (Å²) >= 11 is 1.28. The van der Waals surface area contributed by atoms with Crippen molar-refractivity contribution < 1.29 is 32.6 Å². The van der Waals surface area contributed by atoms with Gasteiger partial charge in [-0.15, -0.1) is 11.3 Å². The number of methoxy groups -OCH3 is 2. The summed E-state index contributed by atoms with van der Waals surface area (Å²) in [4.78, 5) is 31.0. The summed E-state index contributed by atoms with van der Waals surface area (Å²) < 4.78 is 38.8. The maximum Gasteiger partial charge on any atom is 0.262 e. The van der Waals surface area contributed by atoms with E-state index in [2.05, 4.69) is 15.6 Å². The van der Waals surface area contributed by atoms with Crippen molar-refractivity contribution in [3.8, 4) is 11.5 Å². The predicted octanol–water partition coefficient (Wildman–Crippen LogP) is 2.79. The Labute approximate surface area is 243 Å². The fraction of sp³-hybridized carbons (Fsp3) is 0.464. The molecule has 1 saturated heterocycles. The van der Waals surface area contributed by atoms with Gasteiger partial charge in [-0.05, 0) is 54.8 Å². The number of aromatic nitrogens is 1. The van der Waals surface area contributed by atoms with Gasteiger partial charge in [0.1, 0.15) is 6.04 Å². The van der Waals surface area contributed by atoms with Gasteiger partial charge in [-0.1, -0.05) is 19.9 Å². The lowest BCUT2D eigenvalue weighted by Crippen LogP contribution is -2.54. The number of aliphatic hydroxyl groups is 1. The van der Waals surface area contributed by atoms with E-state index in [1.807, 2.05) is 13.8 Å². The zero-order chi connectivity index (χ0) is 29.7. The number of pyridine rings is 1. The van der Waals surface area contributed by atoms with Crippen LogP contribution in [0.15, 0.2) is 47.6 Å². The number of β-amino-alcohol motifs (C(OH)–C–C–N with tert-alkyl or cyclic N) is 1. The van der Waals surface area contributed by atoms with E-state index in [4.69, 9.17) is 9.47 Å². The summed E-state index contributed by atoms with van der Waals surface area (Å²) in [5.74, 6) is 0.384. The van der Waals surface area contributed by atoms with Crippen molar-refractivity contribution in [1.82, 2.24) is 19.9 Å². The third-order valence-electron chi connectivity index (χ3n) is 6.92. The van der Waals surface area contributed by atoms with Crippen LogP contribution in [0.3, 0.4) is 0 Å². The van der Waals surface area contributed by atoms with Gasteiger partial charge in [0.2, 0.25) is 5.91 Å². The van der Waals surface area contributed by atoms with Gasteiger partial charge in [-0.3, -0.25) is 9.59 Å². The standard InChI is InChI=1S/C28H36N4O7S2/c1-17(2)12-20(31-28(35)25-14-18-13-22(38-3)23(39-4)15-24(18)40-25)27(34)30-19-8-7-11-32(16-21(19)33)41(36,37)26-9-5-6-10-29-26/h5-6,9-10,13-15,17,19-21,33H,7-8,11-12,16H2,1-4H3,(H,30,34)(H,31,35)/t19?,20-,21?/m0/s1. The Balaban J connectivity index is 1.46. The summed E-state index contributed by atoms with van der Waals surface area (Å²) in [7, 11) is -0.805. The lowest BCUT2D eigenvalue weighted by molar-refractivity contribution is -0.125. The second-order valence-electron chi connectivity index (χ2n) is 10.4. The van der Waals surface area contributed by atoms with Gasteiger partial charge in [0.15, 0.2) is 16.5 Å². The molecule has 2 aromatic heterocycles. The first-order chi connectivity index (χ1) is 19.5. The van der Waals surface area contributed by atoms with Gasteiger partial charge in [-0.2, -0.15) is 4.31 Å². The number of aliphatic hydroxyl groups excluding tert-OH is 1. The number of rotatable bonds is 10. The van der Waals surface area contributed by atoms with Gasteiger partial charge in [0.05, 0.1) is 31.2 Å². The number of carbonyl (C=O) groups is 2. The molecule has 11 nitrogen and oxygen atoms in total. The molecule has 2 unspecified atom stereocenters. The van der Waals surface area contributed by atoms with Crippen LogP contribution in [0.2, 0.25) is 0 Å². The molecular weight excluding hydrogens is 568 g/mol. The van der Waals surface area contributed by atoms with E-state index >= 15 is 0 Å². The van der Waals surface area contributed by atoms with E-state index in [1.165, 1.54) is 27.9 Å². The van der Waals surface area contributed by atoms with Crippen molar-refractivity contribution in [2.45, 2.75) is 56.3 Å². The first-order valence-electron chi connectivity index (χ1n) is 13.4. The number of thiophene rings is 1. The Morgan fingerprint density at radius 1 is 1.17 bits per heavy atom. The minimum Gasteiger partial charge on any atom is -0.493 e. The highest BCUT2D eigenvalue weighted by molar-refractivity contribution is 7.89. The molecule has 0 spiro atoms. The van der Waals surface area contributed by atoms with E-state index in [0.717, 1.165) is 10.1 Å². The molecule has 222 valence electrons. The van der Waals surface area contributed by atoms with E-state index < -0.39 is 34.1 Å². The second-order valence-corrected chi connectivity index (χ2v) is 13.3. The van der Waals surface area contributed by atoms with Crippen LogP contribution in [0.4, 0.5) is 0 Å². The van der Waals surface area contributed by atoms with Crippen LogP contribution in [0.5, 0.6) is 11.5 Å². The van der Waals surface area contributed by atoms with Crippen LogP contribution < -0.4 is 20.1 Å². The van der Waals surface area contributed by atoms with Crippen LogP contribution in [0.1, 0.15) is 42.8 Å². The lowest BCUT2D eigenvalue weighted by atomic mass is 10.0. The van der Waals surface area contributed by atoms with Crippen molar-refractivity contribution in [2.75, 3.05) is 27.3 Å². The average Bonchev–Trinajstić information content (AvgIpc) is 3.28. The van der Waals surface area contributed by atoms with Crippen LogP contribution in [-0.4, -0.2) is 80.1 Å². The van der Waals surface area contributed by atoms with Gasteiger partial charge in [0.25, 0.3) is 15.9 Å². The van der Waals surface area contributed by atoms with Crippen molar-refractivity contribution in [3.05, 3.63) is 47.5 Å². The molecule has 3 N–H and O–H groups in total. The SMILES string of the molecule is COc1cc2cc(C(=O)N[C@@H](CC(C)C)C(=O)NC3CCCN(S(=O)(=O)c4ccccn4)CC3O)sc2cc1OC. The average molecular weight is 605 g/mol. The van der Waals surface area contributed by atoms with E-state index in [9.17, 15) is 23.1 Å². The molecule has 2 amide bonds. The first-order valence-corrected chi connectivity index (χ1v) is 15.6. The van der Waals surface area contributed by atoms with Gasteiger partial charge in [-0.25, -0.2) is 13.4 Å². The fourth-order valence-corrected chi connectivity index (χ4v) is 7.22. The van der Waals surface area contributed by atoms with Gasteiger partial charge < -0.3 is 25.2 Å². The van der Waals surface area contributed by atoms with Gasteiger partial charge >= 0.3 is 0 Å². The normalized spacial score (nSPS) is 19.0. The summed E-state index contributed by atoms with van der Waals surface area (Å²) in [6, 6.07) is 8.45. The number of nitrogens with zero attached hydrogens (tertiary/aromatic N) is 2. The Hall–Kier alpha value is -3.26. The molecule has 1 fully saturated rings. The summed E-state index contributed by atoms with van der Waals surface area (Å²) in [5.41, 5.74) is 0. The number of sulfonamides is 1. The highest BCUT2D eigenvalue weighted by Crippen LogP contribution is 2.36. The molecule has 0 radical (unpaired) electrons. The van der Waals surface area contributed by atoms with Crippen LogP contribution in [0.25, 0.3) is 10.1 Å². The third kappa shape index (κ3) is 7.15. The van der Waals surface area contributed by atoms with Crippen LogP contribution in [0, 0.1) is 5.92 Å². The molecule has 1 aliphatic rings. The Morgan fingerprint density at radius 2 is 1.90 bits per heavy atom. The van der Waals surface area contributed by atoms with E-state index in [-0.39, 0.29) is 29.9 Å². The number of benzene rings is 1. The van der Waals surface area contributed by atoms with Crippen molar-refractivity contribution in [3.63, 3.8) is 0 Å². The Bertz CT molecular complexity index is 1440. The molecule has 1 aromatic carbocycles. The maximum absolute atomic E-state index is 13.4. The molecule has 41 heavy (non-hydrogen) atoms. The second kappa shape index (κ2) is 13.1. The molecule has 4 rings (SSSR count). The fourth-order valence-electron chi connectivity index (χ4n) is 4.82. The predicted molar refractivity (Wildman–Crippen MR) is 156 cm³/mol. The molecular formula is C28H36N4O7S2. The summed E-state index contributed by atoms with van der Waals surface area (Å²) in [6.07, 6.45) is 1.46. The number of carbonyl (C=O) groups excluding carboxylic acids is 2. The maximum atomic E-state index is 13.4. The number of fused-ring (bicyclic) bond motifs is 1. The number of hydrogen-bond donors (Lipinski definition) is 3. The monoisotopic (exact) mass is 604 g/mol. The van der Waals surface area contributed by atoms with E-state index in [0.29, 0.717) is 35.6 Å². The van der Waals surface area contributed by atoms with Crippen molar-refractivity contribution >= 4 is 43.3 Å². The topological polar surface area (TPSA) is 147 Å². The largest absolute Gasteiger partial charge is 0.493 e. The number of nitrogens with one attached hydrogen (secondary N) is 2. The highest BCUT2D eigenvalue weighted by Gasteiger charge is 2.35. The highest BCUT2D eigenvalue weighted by atomic mass is 32.2. The molecule has 0 saturated carbocycles. The quantitative estimate of drug-likeness (QED) is 0.320. The van der Waals surface area contributed by atoms with Crippen molar-refractivity contribution in [1.29, 1.82) is 0 Å². The minimum atomic E-state index is -3.89. The molecule has 0 bridgehead atoms. The number of amides is 2. The zero-order valence-electron chi connectivity index (χ0n) is 23.5. The minimum absolute atomic E-state index is 0.0903. The third-order valence-corrected chi connectivity index (χ3v) is 9.80. The molecule has 3 aromatic rings. The summed E-state index contributed by atoms with van der Waals surface area (Å²) in [5, 5.41) is 17.4. The molecule has 13 heteroatoms. The van der Waals surface area contributed by atoms with Crippen LogP contribution >= 0.6 is 11.3 Å². The number of hydrogen-bond acceptors (Lipinski definition) is 9. The number of ether oxygens (including phenoxy) is 2. The molecule has 3 heterocycles. The van der Waals surface area contributed by atoms with Crippen LogP contribution in [-0.2, 0) is 14.8 Å². The lowest BCUT2D eigenvalue weighted by Gasteiger charge is -2.27. The smallest absolute Gasteiger partial charge is 0.262 e. The zero-order valence-corrected chi connectivity index (χ0v) is 25.1. The van der Waals surface area contributed by atoms with E-state index in [1.54, 1.807) is 44.6 Å². The Morgan fingerprint density at radius 3 is 2.56 bits per heavy atom. The molecule has 0 aliphatic carbocycles. The Kier molecular flexibility index (Phi) is 9.84. The van der Waals surface area contributed by atoms with Crippen molar-refractivity contribution in [2.24, 2.45) is 5.92 Å². The first kappa shape index (κ1) is 30.7. The molecule has 3 atom stereocenters. The molecule has 1 aliphatic heterocycles. The summed E-state index contributed by atoms with van der Waals surface area (Å²) in [6.45, 7) is 3.91.